The largest absolute Gasteiger partial charge is 0.374 e. The first-order valence-corrected chi connectivity index (χ1v) is 9.22. The molecule has 1 heterocycles. The van der Waals surface area contributed by atoms with E-state index in [9.17, 15) is 4.79 Å². The number of hydrogen-bond donors (Lipinski definition) is 2. The molecule has 3 aromatic rings. The Kier molecular flexibility index (Phi) is 6.45. The molecular weight excluding hydrogens is 324 g/mol. The van der Waals surface area contributed by atoms with Gasteiger partial charge in [-0.1, -0.05) is 48.5 Å². The van der Waals surface area contributed by atoms with Crippen molar-refractivity contribution in [1.82, 2.24) is 10.3 Å². The number of para-hydroxylation sites is 1. The lowest BCUT2D eigenvalue weighted by molar-refractivity contribution is -0.121. The highest BCUT2D eigenvalue weighted by molar-refractivity contribution is 5.84. The van der Waals surface area contributed by atoms with Crippen molar-refractivity contribution in [3.05, 3.63) is 71.9 Å². The zero-order valence-corrected chi connectivity index (χ0v) is 15.2. The number of carbonyl (C=O) groups excluding carboxylic acids is 1. The van der Waals surface area contributed by atoms with Gasteiger partial charge in [0.1, 0.15) is 0 Å². The number of rotatable bonds is 9. The van der Waals surface area contributed by atoms with Crippen molar-refractivity contribution in [2.75, 3.05) is 13.2 Å². The fraction of sp³-hybridized carbons (Fsp3) is 0.318. The molecule has 136 valence electrons. The third-order valence-electron chi connectivity index (χ3n) is 4.58. The summed E-state index contributed by atoms with van der Waals surface area (Å²) in [5, 5.41) is 4.18. The third-order valence-corrected chi connectivity index (χ3v) is 4.58. The second kappa shape index (κ2) is 9.20. The minimum Gasteiger partial charge on any atom is -0.374 e. The number of aryl methyl sites for hydroxylation is 1. The van der Waals surface area contributed by atoms with E-state index in [1.165, 1.54) is 16.5 Å². The van der Waals surface area contributed by atoms with E-state index in [2.05, 4.69) is 41.5 Å². The number of aromatic amines is 1. The van der Waals surface area contributed by atoms with Crippen LogP contribution in [0.1, 0.15) is 37.0 Å². The highest BCUT2D eigenvalue weighted by atomic mass is 16.5. The smallest absolute Gasteiger partial charge is 0.220 e. The summed E-state index contributed by atoms with van der Waals surface area (Å²) in [5.74, 6) is 0.0892. The molecule has 0 aliphatic rings. The zero-order valence-electron chi connectivity index (χ0n) is 15.2. The van der Waals surface area contributed by atoms with Crippen molar-refractivity contribution in [2.24, 2.45) is 0 Å². The van der Waals surface area contributed by atoms with Crippen molar-refractivity contribution in [3.63, 3.8) is 0 Å². The van der Waals surface area contributed by atoms with Crippen molar-refractivity contribution in [3.8, 4) is 0 Å². The second-order valence-electron chi connectivity index (χ2n) is 6.49. The molecule has 0 spiro atoms. The predicted octanol–water partition coefficient (Wildman–Crippen LogP) is 4.38. The summed E-state index contributed by atoms with van der Waals surface area (Å²) in [6.07, 6.45) is 4.14. The van der Waals surface area contributed by atoms with Crippen LogP contribution in [-0.2, 0) is 16.0 Å². The molecule has 0 aliphatic carbocycles. The van der Waals surface area contributed by atoms with Gasteiger partial charge in [0.25, 0.3) is 0 Å². The van der Waals surface area contributed by atoms with Crippen molar-refractivity contribution >= 4 is 16.8 Å². The van der Waals surface area contributed by atoms with Gasteiger partial charge in [-0.2, -0.15) is 0 Å². The minimum atomic E-state index is 0.0776. The maximum atomic E-state index is 12.0. The molecule has 0 saturated heterocycles. The molecule has 4 heteroatoms. The first-order chi connectivity index (χ1) is 12.7. The van der Waals surface area contributed by atoms with Crippen molar-refractivity contribution < 1.29 is 9.53 Å². The quantitative estimate of drug-likeness (QED) is 0.563. The monoisotopic (exact) mass is 350 g/mol. The molecule has 26 heavy (non-hydrogen) atoms. The highest BCUT2D eigenvalue weighted by Gasteiger charge is 2.07. The Hall–Kier alpha value is -2.59. The summed E-state index contributed by atoms with van der Waals surface area (Å²) in [6.45, 7) is 3.34. The number of fused-ring (bicyclic) bond motifs is 1. The van der Waals surface area contributed by atoms with Gasteiger partial charge in [-0.05, 0) is 37.0 Å². The first kappa shape index (κ1) is 18.2. The van der Waals surface area contributed by atoms with Crippen molar-refractivity contribution in [1.29, 1.82) is 0 Å². The standard InChI is InChI=1S/C22H26N2O2/c1-17(18-8-3-2-4-9-18)26-15-7-14-23-22(25)13-12-19-16-24-21-11-6-5-10-20(19)21/h2-6,8-11,16-17,24H,7,12-15H2,1H3,(H,23,25)/t17-/m0/s1. The average molecular weight is 350 g/mol. The Morgan fingerprint density at radius 1 is 1.12 bits per heavy atom. The predicted molar refractivity (Wildman–Crippen MR) is 105 cm³/mol. The van der Waals surface area contributed by atoms with Gasteiger partial charge in [0.2, 0.25) is 5.91 Å². The number of hydrogen-bond acceptors (Lipinski definition) is 2. The molecule has 0 saturated carbocycles. The van der Waals surface area contributed by atoms with Crippen LogP contribution in [0, 0.1) is 0 Å². The molecule has 3 rings (SSSR count). The van der Waals surface area contributed by atoms with Gasteiger partial charge in [0.15, 0.2) is 0 Å². The van der Waals surface area contributed by atoms with E-state index < -0.39 is 0 Å². The summed E-state index contributed by atoms with van der Waals surface area (Å²) >= 11 is 0. The first-order valence-electron chi connectivity index (χ1n) is 9.22. The van der Waals surface area contributed by atoms with Crippen LogP contribution in [0.2, 0.25) is 0 Å². The number of nitrogens with one attached hydrogen (secondary N) is 2. The molecule has 0 radical (unpaired) electrons. The van der Waals surface area contributed by atoms with Gasteiger partial charge in [0.05, 0.1) is 6.10 Å². The minimum absolute atomic E-state index is 0.0776. The SMILES string of the molecule is C[C@H](OCCCNC(=O)CCc1c[nH]c2ccccc12)c1ccccc1. The van der Waals surface area contributed by atoms with Gasteiger partial charge >= 0.3 is 0 Å². The molecule has 2 aromatic carbocycles. The summed E-state index contributed by atoms with van der Waals surface area (Å²) in [5.41, 5.74) is 3.48. The van der Waals surface area contributed by atoms with Gasteiger partial charge in [-0.3, -0.25) is 4.79 Å². The van der Waals surface area contributed by atoms with Gasteiger partial charge in [-0.15, -0.1) is 0 Å². The molecule has 2 N–H and O–H groups in total. The highest BCUT2D eigenvalue weighted by Crippen LogP contribution is 2.19. The van der Waals surface area contributed by atoms with Crippen LogP contribution in [0.15, 0.2) is 60.8 Å². The Bertz CT molecular complexity index is 826. The number of ether oxygens (including phenoxy) is 1. The van der Waals surface area contributed by atoms with Crippen LogP contribution >= 0.6 is 0 Å². The molecule has 4 nitrogen and oxygen atoms in total. The van der Waals surface area contributed by atoms with Crippen LogP contribution < -0.4 is 5.32 Å². The second-order valence-corrected chi connectivity index (χ2v) is 6.49. The summed E-state index contributed by atoms with van der Waals surface area (Å²) in [4.78, 5) is 15.3. The number of H-pyrrole nitrogens is 1. The summed E-state index contributed by atoms with van der Waals surface area (Å²) < 4.78 is 5.82. The Balaban J connectivity index is 1.32. The normalized spacial score (nSPS) is 12.2. The molecule has 1 atom stereocenters. The molecule has 1 amide bonds. The molecule has 0 unspecified atom stereocenters. The molecule has 0 fully saturated rings. The Morgan fingerprint density at radius 3 is 2.73 bits per heavy atom. The third kappa shape index (κ3) is 4.96. The Morgan fingerprint density at radius 2 is 1.88 bits per heavy atom. The van der Waals surface area contributed by atoms with Crippen LogP contribution in [0.4, 0.5) is 0 Å². The fourth-order valence-electron chi connectivity index (χ4n) is 3.06. The number of carbonyl (C=O) groups is 1. The summed E-state index contributed by atoms with van der Waals surface area (Å²) in [7, 11) is 0. The van der Waals surface area contributed by atoms with Crippen LogP contribution in [0.25, 0.3) is 10.9 Å². The lowest BCUT2D eigenvalue weighted by atomic mass is 10.1. The van der Waals surface area contributed by atoms with Crippen LogP contribution in [-0.4, -0.2) is 24.0 Å². The lowest BCUT2D eigenvalue weighted by Gasteiger charge is -2.13. The number of benzene rings is 2. The van der Waals surface area contributed by atoms with E-state index in [1.807, 2.05) is 36.5 Å². The lowest BCUT2D eigenvalue weighted by Crippen LogP contribution is -2.25. The zero-order chi connectivity index (χ0) is 18.2. The number of aromatic nitrogens is 1. The van der Waals surface area contributed by atoms with Gasteiger partial charge < -0.3 is 15.0 Å². The van der Waals surface area contributed by atoms with Gasteiger partial charge in [0, 0.05) is 36.7 Å². The maximum Gasteiger partial charge on any atom is 0.220 e. The number of amides is 1. The van der Waals surface area contributed by atoms with E-state index in [-0.39, 0.29) is 12.0 Å². The van der Waals surface area contributed by atoms with E-state index >= 15 is 0 Å². The van der Waals surface area contributed by atoms with E-state index in [1.54, 1.807) is 0 Å². The summed E-state index contributed by atoms with van der Waals surface area (Å²) in [6, 6.07) is 18.3. The van der Waals surface area contributed by atoms with E-state index in [0.717, 1.165) is 18.4 Å². The van der Waals surface area contributed by atoms with Crippen molar-refractivity contribution in [2.45, 2.75) is 32.3 Å². The molecular formula is C22H26N2O2. The maximum absolute atomic E-state index is 12.0. The average Bonchev–Trinajstić information content (AvgIpc) is 3.10. The van der Waals surface area contributed by atoms with E-state index in [0.29, 0.717) is 19.6 Å². The molecule has 0 aliphatic heterocycles. The van der Waals surface area contributed by atoms with Crippen LogP contribution in [0.3, 0.4) is 0 Å². The Labute approximate surface area is 154 Å². The topological polar surface area (TPSA) is 54.1 Å². The van der Waals surface area contributed by atoms with Crippen LogP contribution in [0.5, 0.6) is 0 Å². The molecule has 1 aromatic heterocycles. The molecule has 0 bridgehead atoms. The van der Waals surface area contributed by atoms with E-state index in [4.69, 9.17) is 4.74 Å². The fourth-order valence-corrected chi connectivity index (χ4v) is 3.06. The van der Waals surface area contributed by atoms with Gasteiger partial charge in [-0.25, -0.2) is 0 Å².